The second kappa shape index (κ2) is 4.61. The average Bonchev–Trinajstić information content (AvgIpc) is 2.56. The van der Waals surface area contributed by atoms with Crippen LogP contribution in [0.1, 0.15) is 33.1 Å². The molecule has 1 saturated carbocycles. The SMILES string of the molecule is CC1CCC(Nc2n[nH]c(=S)s2)C(C)C1. The molecule has 0 radical (unpaired) electrons. The zero-order valence-corrected chi connectivity index (χ0v) is 10.8. The summed E-state index contributed by atoms with van der Waals surface area (Å²) >= 11 is 6.53. The smallest absolute Gasteiger partial charge is 0.204 e. The van der Waals surface area contributed by atoms with E-state index in [-0.39, 0.29) is 0 Å². The van der Waals surface area contributed by atoms with Crippen LogP contribution in [0.5, 0.6) is 0 Å². The van der Waals surface area contributed by atoms with Gasteiger partial charge in [-0.2, -0.15) is 0 Å². The van der Waals surface area contributed by atoms with Gasteiger partial charge in [0.15, 0.2) is 3.95 Å². The highest BCUT2D eigenvalue weighted by atomic mass is 32.1. The second-order valence-electron chi connectivity index (χ2n) is 4.56. The predicted octanol–water partition coefficient (Wildman–Crippen LogP) is 3.44. The van der Waals surface area contributed by atoms with Crippen LogP contribution >= 0.6 is 23.6 Å². The first-order chi connectivity index (χ1) is 7.15. The molecule has 0 aliphatic heterocycles. The lowest BCUT2D eigenvalue weighted by atomic mass is 9.80. The third-order valence-corrected chi connectivity index (χ3v) is 4.20. The van der Waals surface area contributed by atoms with E-state index < -0.39 is 0 Å². The number of nitrogens with zero attached hydrogens (tertiary/aromatic N) is 1. The Morgan fingerprint density at radius 3 is 2.87 bits per heavy atom. The minimum Gasteiger partial charge on any atom is -0.357 e. The minimum absolute atomic E-state index is 0.565. The number of hydrogen-bond donors (Lipinski definition) is 2. The van der Waals surface area contributed by atoms with Gasteiger partial charge in [0.25, 0.3) is 0 Å². The summed E-state index contributed by atoms with van der Waals surface area (Å²) in [5.74, 6) is 1.60. The van der Waals surface area contributed by atoms with Crippen LogP contribution in [0, 0.1) is 15.8 Å². The fourth-order valence-electron chi connectivity index (χ4n) is 2.33. The van der Waals surface area contributed by atoms with Crippen LogP contribution < -0.4 is 5.32 Å². The Morgan fingerprint density at radius 2 is 2.27 bits per heavy atom. The maximum atomic E-state index is 5.01. The predicted molar refractivity (Wildman–Crippen MR) is 66.9 cm³/mol. The van der Waals surface area contributed by atoms with Crippen LogP contribution in [0.25, 0.3) is 0 Å². The van der Waals surface area contributed by atoms with Crippen molar-refractivity contribution in [2.45, 2.75) is 39.2 Å². The van der Waals surface area contributed by atoms with Crippen molar-refractivity contribution >= 4 is 28.7 Å². The first-order valence-electron chi connectivity index (χ1n) is 5.47. The molecule has 0 amide bonds. The average molecular weight is 243 g/mol. The van der Waals surface area contributed by atoms with Crippen molar-refractivity contribution in [1.29, 1.82) is 0 Å². The molecule has 1 aliphatic rings. The van der Waals surface area contributed by atoms with Crippen molar-refractivity contribution in [2.24, 2.45) is 11.8 Å². The Labute approximate surface area is 99.3 Å². The number of H-pyrrole nitrogens is 1. The molecule has 1 aliphatic carbocycles. The maximum Gasteiger partial charge on any atom is 0.204 e. The fourth-order valence-corrected chi connectivity index (χ4v) is 3.18. The van der Waals surface area contributed by atoms with Gasteiger partial charge in [0, 0.05) is 6.04 Å². The molecule has 3 nitrogen and oxygen atoms in total. The Bertz CT molecular complexity index is 371. The fraction of sp³-hybridized carbons (Fsp3) is 0.800. The lowest BCUT2D eigenvalue weighted by molar-refractivity contribution is 0.276. The van der Waals surface area contributed by atoms with Gasteiger partial charge in [-0.1, -0.05) is 25.2 Å². The van der Waals surface area contributed by atoms with E-state index in [2.05, 4.69) is 29.4 Å². The lowest BCUT2D eigenvalue weighted by Gasteiger charge is -2.32. The summed E-state index contributed by atoms with van der Waals surface area (Å²) in [6.45, 7) is 4.66. The van der Waals surface area contributed by atoms with Crippen molar-refractivity contribution in [3.05, 3.63) is 3.95 Å². The highest BCUT2D eigenvalue weighted by Gasteiger charge is 2.25. The molecule has 2 rings (SSSR count). The quantitative estimate of drug-likeness (QED) is 0.782. The molecule has 0 aromatic carbocycles. The van der Waals surface area contributed by atoms with E-state index in [4.69, 9.17) is 12.2 Å². The van der Waals surface area contributed by atoms with Crippen LogP contribution in [0.4, 0.5) is 5.13 Å². The van der Waals surface area contributed by atoms with Gasteiger partial charge in [0.2, 0.25) is 5.13 Å². The summed E-state index contributed by atoms with van der Waals surface area (Å²) < 4.78 is 0.745. The molecule has 1 aromatic heterocycles. The molecule has 1 heterocycles. The summed E-state index contributed by atoms with van der Waals surface area (Å²) in [7, 11) is 0. The highest BCUT2D eigenvalue weighted by Crippen LogP contribution is 2.30. The molecule has 15 heavy (non-hydrogen) atoms. The summed E-state index contributed by atoms with van der Waals surface area (Å²) in [6.07, 6.45) is 3.87. The molecule has 0 saturated heterocycles. The van der Waals surface area contributed by atoms with E-state index in [0.29, 0.717) is 6.04 Å². The van der Waals surface area contributed by atoms with E-state index in [1.807, 2.05) is 0 Å². The van der Waals surface area contributed by atoms with Crippen LogP contribution in [0.3, 0.4) is 0 Å². The number of aromatic amines is 1. The Balaban J connectivity index is 1.97. The van der Waals surface area contributed by atoms with Gasteiger partial charge in [0.1, 0.15) is 0 Å². The maximum absolute atomic E-state index is 5.01. The van der Waals surface area contributed by atoms with E-state index >= 15 is 0 Å². The summed E-state index contributed by atoms with van der Waals surface area (Å²) in [5.41, 5.74) is 0. The number of hydrogen-bond acceptors (Lipinski definition) is 4. The molecule has 3 unspecified atom stereocenters. The third kappa shape index (κ3) is 2.78. The first kappa shape index (κ1) is 11.1. The van der Waals surface area contributed by atoms with Crippen molar-refractivity contribution in [3.63, 3.8) is 0 Å². The number of nitrogens with one attached hydrogen (secondary N) is 2. The molecule has 1 fully saturated rings. The molecule has 1 aromatic rings. The molecular weight excluding hydrogens is 226 g/mol. The van der Waals surface area contributed by atoms with Crippen molar-refractivity contribution in [1.82, 2.24) is 10.2 Å². The first-order valence-corrected chi connectivity index (χ1v) is 6.69. The molecule has 0 spiro atoms. The molecule has 84 valence electrons. The normalized spacial score (nSPS) is 31.5. The highest BCUT2D eigenvalue weighted by molar-refractivity contribution is 7.73. The largest absolute Gasteiger partial charge is 0.357 e. The van der Waals surface area contributed by atoms with Gasteiger partial charge in [-0.25, -0.2) is 0 Å². The van der Waals surface area contributed by atoms with E-state index in [1.165, 1.54) is 30.6 Å². The zero-order chi connectivity index (χ0) is 10.8. The Hall–Kier alpha value is -0.420. The van der Waals surface area contributed by atoms with E-state index in [0.717, 1.165) is 20.9 Å². The molecule has 5 heteroatoms. The molecule has 2 N–H and O–H groups in total. The van der Waals surface area contributed by atoms with Crippen molar-refractivity contribution in [3.8, 4) is 0 Å². The van der Waals surface area contributed by atoms with Gasteiger partial charge in [-0.3, -0.25) is 5.10 Å². The molecule has 0 bridgehead atoms. The van der Waals surface area contributed by atoms with Crippen LogP contribution in [-0.2, 0) is 0 Å². The zero-order valence-electron chi connectivity index (χ0n) is 9.12. The van der Waals surface area contributed by atoms with Gasteiger partial charge in [-0.15, -0.1) is 5.10 Å². The summed E-state index contributed by atoms with van der Waals surface area (Å²) in [6, 6.07) is 0.565. The number of aromatic nitrogens is 2. The van der Waals surface area contributed by atoms with Crippen LogP contribution in [0.2, 0.25) is 0 Å². The third-order valence-electron chi connectivity index (χ3n) is 3.18. The number of rotatable bonds is 2. The van der Waals surface area contributed by atoms with Crippen LogP contribution in [0.15, 0.2) is 0 Å². The van der Waals surface area contributed by atoms with Crippen LogP contribution in [-0.4, -0.2) is 16.2 Å². The topological polar surface area (TPSA) is 40.7 Å². The van der Waals surface area contributed by atoms with Gasteiger partial charge >= 0.3 is 0 Å². The Kier molecular flexibility index (Phi) is 3.41. The molecular formula is C10H17N3S2. The standard InChI is InChI=1S/C10H17N3S2/c1-6-3-4-8(7(2)5-6)11-9-12-13-10(14)15-9/h6-8H,3-5H2,1-2H3,(H,11,12)(H,13,14). The number of anilines is 1. The van der Waals surface area contributed by atoms with E-state index in [1.54, 1.807) is 0 Å². The minimum atomic E-state index is 0.565. The van der Waals surface area contributed by atoms with E-state index in [9.17, 15) is 0 Å². The van der Waals surface area contributed by atoms with Crippen molar-refractivity contribution < 1.29 is 0 Å². The van der Waals surface area contributed by atoms with Gasteiger partial charge in [-0.05, 0) is 43.3 Å². The monoisotopic (exact) mass is 243 g/mol. The lowest BCUT2D eigenvalue weighted by Crippen LogP contribution is -2.32. The second-order valence-corrected chi connectivity index (χ2v) is 6.23. The van der Waals surface area contributed by atoms with Gasteiger partial charge in [0.05, 0.1) is 0 Å². The summed E-state index contributed by atoms with van der Waals surface area (Å²) in [5, 5.41) is 11.4. The Morgan fingerprint density at radius 1 is 1.47 bits per heavy atom. The molecule has 3 atom stereocenters. The van der Waals surface area contributed by atoms with Crippen molar-refractivity contribution in [2.75, 3.05) is 5.32 Å². The van der Waals surface area contributed by atoms with Gasteiger partial charge < -0.3 is 5.32 Å². The summed E-state index contributed by atoms with van der Waals surface area (Å²) in [4.78, 5) is 0.